The molecule has 3 rings (SSSR count). The number of alkyl halides is 6. The molecule has 204 valence electrons. The summed E-state index contributed by atoms with van der Waals surface area (Å²) in [5, 5.41) is 25.2. The van der Waals surface area contributed by atoms with Crippen molar-refractivity contribution in [3.8, 4) is 0 Å². The minimum atomic E-state index is -4.62. The van der Waals surface area contributed by atoms with Gasteiger partial charge in [0.15, 0.2) is 11.4 Å². The monoisotopic (exact) mass is 640 g/mol. The van der Waals surface area contributed by atoms with Crippen LogP contribution in [0.4, 0.5) is 26.3 Å². The standard InChI is InChI=1S/C13H20BF3N2O3.C7H8F3IN2O/c1-8(20)6-19-7-9(10(18-19)13(15,16)17)14-21-11(2,3)12(4,5)22-14;1-4(14)2-13-3-5(11)6(12-13)7(8,9)10/h7-8,20H,6H2,1-5H3;3-4,14H,2H2,1H3. The van der Waals surface area contributed by atoms with E-state index in [-0.39, 0.29) is 22.1 Å². The van der Waals surface area contributed by atoms with E-state index in [4.69, 9.17) is 14.4 Å². The van der Waals surface area contributed by atoms with Gasteiger partial charge in [0.05, 0.1) is 40.1 Å². The smallest absolute Gasteiger partial charge is 0.399 e. The Hall–Kier alpha value is -1.37. The van der Waals surface area contributed by atoms with Gasteiger partial charge in [0.2, 0.25) is 0 Å². The van der Waals surface area contributed by atoms with E-state index in [1.54, 1.807) is 50.3 Å². The van der Waals surface area contributed by atoms with Crippen LogP contribution in [-0.4, -0.2) is 60.3 Å². The Labute approximate surface area is 218 Å². The topological polar surface area (TPSA) is 94.6 Å². The Kier molecular flexibility index (Phi) is 9.24. The lowest BCUT2D eigenvalue weighted by atomic mass is 9.79. The van der Waals surface area contributed by atoms with E-state index in [9.17, 15) is 31.4 Å². The lowest BCUT2D eigenvalue weighted by Gasteiger charge is -2.32. The normalized spacial score (nSPS) is 19.1. The van der Waals surface area contributed by atoms with Gasteiger partial charge in [0.25, 0.3) is 0 Å². The summed E-state index contributed by atoms with van der Waals surface area (Å²) >= 11 is 1.57. The van der Waals surface area contributed by atoms with E-state index in [0.717, 1.165) is 9.36 Å². The fourth-order valence-electron chi connectivity index (χ4n) is 3.12. The summed E-state index contributed by atoms with van der Waals surface area (Å²) in [6.07, 6.45) is -8.10. The van der Waals surface area contributed by atoms with Crippen molar-refractivity contribution >= 4 is 35.2 Å². The lowest BCUT2D eigenvalue weighted by molar-refractivity contribution is -0.142. The van der Waals surface area contributed by atoms with Crippen molar-refractivity contribution in [2.75, 3.05) is 0 Å². The van der Waals surface area contributed by atoms with Gasteiger partial charge in [-0.15, -0.1) is 0 Å². The maximum absolute atomic E-state index is 13.2. The highest BCUT2D eigenvalue weighted by molar-refractivity contribution is 14.1. The van der Waals surface area contributed by atoms with Gasteiger partial charge in [0, 0.05) is 17.9 Å². The molecular weight excluding hydrogens is 612 g/mol. The number of aliphatic hydroxyl groups is 2. The van der Waals surface area contributed by atoms with Crippen LogP contribution in [0.5, 0.6) is 0 Å². The number of aliphatic hydroxyl groups excluding tert-OH is 2. The summed E-state index contributed by atoms with van der Waals surface area (Å²) in [6, 6.07) is 0. The van der Waals surface area contributed by atoms with E-state index >= 15 is 0 Å². The molecule has 1 fully saturated rings. The maximum Gasteiger partial charge on any atom is 0.498 e. The molecule has 0 amide bonds. The fourth-order valence-corrected chi connectivity index (χ4v) is 3.85. The third-order valence-electron chi connectivity index (χ3n) is 5.45. The Bertz CT molecular complexity index is 1020. The van der Waals surface area contributed by atoms with Gasteiger partial charge in [-0.3, -0.25) is 9.36 Å². The van der Waals surface area contributed by atoms with E-state index < -0.39 is 54.3 Å². The van der Waals surface area contributed by atoms with E-state index in [0.29, 0.717) is 0 Å². The Morgan fingerprint density at radius 3 is 1.61 bits per heavy atom. The highest BCUT2D eigenvalue weighted by Gasteiger charge is 2.54. The third kappa shape index (κ3) is 7.58. The van der Waals surface area contributed by atoms with Crippen LogP contribution >= 0.6 is 22.6 Å². The first-order valence-corrected chi connectivity index (χ1v) is 11.9. The van der Waals surface area contributed by atoms with Gasteiger partial charge in [0.1, 0.15) is 0 Å². The number of hydrogen-bond acceptors (Lipinski definition) is 6. The molecule has 8 nitrogen and oxygen atoms in total. The number of aromatic nitrogens is 4. The van der Waals surface area contributed by atoms with Gasteiger partial charge in [-0.2, -0.15) is 36.5 Å². The Morgan fingerprint density at radius 2 is 1.25 bits per heavy atom. The highest BCUT2D eigenvalue weighted by Crippen LogP contribution is 2.38. The molecule has 3 heterocycles. The molecule has 0 aromatic carbocycles. The predicted octanol–water partition coefficient (Wildman–Crippen LogP) is 3.47. The number of halogens is 7. The average molecular weight is 640 g/mol. The molecule has 2 aromatic rings. The zero-order valence-electron chi connectivity index (χ0n) is 20.4. The van der Waals surface area contributed by atoms with Crippen LogP contribution in [0.1, 0.15) is 52.9 Å². The van der Waals surface area contributed by atoms with Gasteiger partial charge >= 0.3 is 19.5 Å². The first kappa shape index (κ1) is 30.9. The minimum absolute atomic E-state index is 0.0377. The fraction of sp³-hybridized carbons (Fsp3) is 0.700. The van der Waals surface area contributed by atoms with Crippen molar-refractivity contribution in [3.63, 3.8) is 0 Å². The second-order valence-electron chi connectivity index (χ2n) is 9.48. The average Bonchev–Trinajstić information content (AvgIpc) is 3.28. The summed E-state index contributed by atoms with van der Waals surface area (Å²) in [7, 11) is -1.15. The van der Waals surface area contributed by atoms with Gasteiger partial charge in [-0.25, -0.2) is 0 Å². The minimum Gasteiger partial charge on any atom is -0.399 e. The largest absolute Gasteiger partial charge is 0.498 e. The Morgan fingerprint density at radius 1 is 0.861 bits per heavy atom. The third-order valence-corrected chi connectivity index (χ3v) is 6.24. The van der Waals surface area contributed by atoms with Crippen LogP contribution in [-0.2, 0) is 34.8 Å². The summed E-state index contributed by atoms with van der Waals surface area (Å²) in [5.74, 6) is 0. The SMILES string of the molecule is CC(O)Cn1cc(B2OC(C)(C)C(C)(C)O2)c(C(F)(F)F)n1.CC(O)Cn1cc(I)c(C(F)(F)F)n1. The van der Waals surface area contributed by atoms with E-state index in [1.165, 1.54) is 26.2 Å². The Balaban J connectivity index is 0.000000281. The molecule has 2 N–H and O–H groups in total. The summed E-state index contributed by atoms with van der Waals surface area (Å²) in [4.78, 5) is 0. The number of hydrogen-bond donors (Lipinski definition) is 2. The van der Waals surface area contributed by atoms with Crippen LogP contribution in [0.15, 0.2) is 12.4 Å². The molecule has 16 heteroatoms. The van der Waals surface area contributed by atoms with E-state index in [2.05, 4.69) is 10.2 Å². The second-order valence-corrected chi connectivity index (χ2v) is 10.6. The molecule has 1 aliphatic heterocycles. The number of nitrogens with zero attached hydrogens (tertiary/aromatic N) is 4. The van der Waals surface area contributed by atoms with Crippen LogP contribution in [0, 0.1) is 3.57 Å². The molecule has 2 atom stereocenters. The van der Waals surface area contributed by atoms with Crippen molar-refractivity contribution in [2.45, 2.75) is 90.4 Å². The van der Waals surface area contributed by atoms with Crippen molar-refractivity contribution in [1.82, 2.24) is 19.6 Å². The molecule has 0 aliphatic carbocycles. The van der Waals surface area contributed by atoms with Crippen LogP contribution < -0.4 is 5.46 Å². The maximum atomic E-state index is 13.2. The van der Waals surface area contributed by atoms with Crippen molar-refractivity contribution in [2.24, 2.45) is 0 Å². The first-order chi connectivity index (χ1) is 16.1. The zero-order valence-corrected chi connectivity index (χ0v) is 22.6. The van der Waals surface area contributed by atoms with Gasteiger partial charge in [-0.1, -0.05) is 0 Å². The summed E-state index contributed by atoms with van der Waals surface area (Å²) < 4.78 is 89.9. The second kappa shape index (κ2) is 10.8. The van der Waals surface area contributed by atoms with Crippen molar-refractivity contribution in [3.05, 3.63) is 27.4 Å². The van der Waals surface area contributed by atoms with Gasteiger partial charge in [-0.05, 0) is 64.1 Å². The van der Waals surface area contributed by atoms with Crippen molar-refractivity contribution in [1.29, 1.82) is 0 Å². The lowest BCUT2D eigenvalue weighted by Crippen LogP contribution is -2.41. The molecule has 1 saturated heterocycles. The first-order valence-electron chi connectivity index (χ1n) is 10.8. The molecule has 2 aromatic heterocycles. The van der Waals surface area contributed by atoms with E-state index in [1.807, 2.05) is 0 Å². The molecule has 0 spiro atoms. The van der Waals surface area contributed by atoms with Crippen LogP contribution in [0.25, 0.3) is 0 Å². The molecular formula is C20H28BF6IN4O4. The van der Waals surface area contributed by atoms with Crippen molar-refractivity contribution < 1.29 is 45.9 Å². The van der Waals surface area contributed by atoms with Gasteiger partial charge < -0.3 is 19.5 Å². The number of rotatable bonds is 5. The molecule has 0 radical (unpaired) electrons. The summed E-state index contributed by atoms with van der Waals surface area (Å²) in [6.45, 7) is 10.0. The predicted molar refractivity (Wildman–Crippen MR) is 126 cm³/mol. The summed E-state index contributed by atoms with van der Waals surface area (Å²) in [5.41, 5.74) is -3.61. The highest BCUT2D eigenvalue weighted by atomic mass is 127. The molecule has 1 aliphatic rings. The zero-order chi connectivity index (χ0) is 27.9. The van der Waals surface area contributed by atoms with Crippen LogP contribution in [0.3, 0.4) is 0 Å². The molecule has 36 heavy (non-hydrogen) atoms. The molecule has 0 saturated carbocycles. The molecule has 2 unspecified atom stereocenters. The molecule has 0 bridgehead atoms. The quantitative estimate of drug-likeness (QED) is 0.296. The van der Waals surface area contributed by atoms with Crippen LogP contribution in [0.2, 0.25) is 0 Å².